The van der Waals surface area contributed by atoms with E-state index in [4.69, 9.17) is 4.74 Å². The maximum atomic E-state index is 6.02. The lowest BCUT2D eigenvalue weighted by Crippen LogP contribution is -2.17. The molecule has 0 aromatic carbocycles. The summed E-state index contributed by atoms with van der Waals surface area (Å²) in [6, 6.07) is 4.69. The zero-order valence-electron chi connectivity index (χ0n) is 13.1. The second kappa shape index (κ2) is 5.48. The highest BCUT2D eigenvalue weighted by Gasteiger charge is 2.22. The van der Waals surface area contributed by atoms with Gasteiger partial charge in [-0.05, 0) is 45.2 Å². The molecule has 1 aliphatic rings. The Bertz CT molecular complexity index is 659. The van der Waals surface area contributed by atoms with Crippen molar-refractivity contribution < 1.29 is 4.74 Å². The minimum Gasteiger partial charge on any atom is -0.421 e. The van der Waals surface area contributed by atoms with Crippen LogP contribution in [0.1, 0.15) is 35.4 Å². The molecule has 0 amide bonds. The van der Waals surface area contributed by atoms with Gasteiger partial charge in [-0.3, -0.25) is 0 Å². The molecule has 5 nitrogen and oxygen atoms in total. The van der Waals surface area contributed by atoms with Crippen molar-refractivity contribution in [2.75, 3.05) is 0 Å². The highest BCUT2D eigenvalue weighted by Crippen LogP contribution is 2.28. The average Bonchev–Trinajstić information content (AvgIpc) is 3.15. The van der Waals surface area contributed by atoms with Gasteiger partial charge in [0.25, 0.3) is 0 Å². The van der Waals surface area contributed by atoms with Gasteiger partial charge < -0.3 is 10.1 Å². The molecule has 21 heavy (non-hydrogen) atoms. The zero-order valence-corrected chi connectivity index (χ0v) is 13.1. The Kier molecular flexibility index (Phi) is 3.68. The Morgan fingerprint density at radius 1 is 1.24 bits per heavy atom. The van der Waals surface area contributed by atoms with Crippen LogP contribution in [0, 0.1) is 20.8 Å². The summed E-state index contributed by atoms with van der Waals surface area (Å²) in [4.78, 5) is 4.57. The van der Waals surface area contributed by atoms with Gasteiger partial charge in [0.05, 0.1) is 5.69 Å². The lowest BCUT2D eigenvalue weighted by Gasteiger charge is -2.14. The first-order chi connectivity index (χ1) is 10.0. The molecule has 1 fully saturated rings. The second-order valence-corrected chi connectivity index (χ2v) is 5.87. The first-order valence-corrected chi connectivity index (χ1v) is 7.42. The van der Waals surface area contributed by atoms with E-state index in [9.17, 15) is 0 Å². The van der Waals surface area contributed by atoms with Crippen LogP contribution in [0.5, 0.6) is 11.8 Å². The van der Waals surface area contributed by atoms with Gasteiger partial charge in [-0.1, -0.05) is 0 Å². The van der Waals surface area contributed by atoms with Crippen molar-refractivity contribution in [3.63, 3.8) is 0 Å². The molecular weight excluding hydrogens is 264 g/mol. The van der Waals surface area contributed by atoms with Crippen LogP contribution >= 0.6 is 0 Å². The standard InChI is InChI=1S/C16H22N4O/c1-10-7-11(2)18-16(14(10)9-17-13-5-6-13)21-15-8-12(3)19-20(15)4/h7-8,13,17H,5-6,9H2,1-4H3. The number of pyridine rings is 1. The number of hydrogen-bond donors (Lipinski definition) is 1. The van der Waals surface area contributed by atoms with Crippen LogP contribution < -0.4 is 10.1 Å². The monoisotopic (exact) mass is 286 g/mol. The van der Waals surface area contributed by atoms with Gasteiger partial charge in [0.2, 0.25) is 11.8 Å². The van der Waals surface area contributed by atoms with Crippen molar-refractivity contribution in [2.45, 2.75) is 46.2 Å². The van der Waals surface area contributed by atoms with Gasteiger partial charge in [-0.2, -0.15) is 5.10 Å². The minimum absolute atomic E-state index is 0.664. The first-order valence-electron chi connectivity index (χ1n) is 7.42. The van der Waals surface area contributed by atoms with E-state index in [0.29, 0.717) is 11.9 Å². The lowest BCUT2D eigenvalue weighted by atomic mass is 10.1. The van der Waals surface area contributed by atoms with E-state index in [2.05, 4.69) is 28.4 Å². The molecule has 0 unspecified atom stereocenters. The zero-order chi connectivity index (χ0) is 15.0. The molecule has 0 aliphatic heterocycles. The molecule has 3 rings (SSSR count). The third kappa shape index (κ3) is 3.24. The topological polar surface area (TPSA) is 52.0 Å². The molecule has 0 atom stereocenters. The number of ether oxygens (including phenoxy) is 1. The number of hydrogen-bond acceptors (Lipinski definition) is 4. The minimum atomic E-state index is 0.664. The molecule has 2 heterocycles. The van der Waals surface area contributed by atoms with E-state index in [1.807, 2.05) is 27.0 Å². The van der Waals surface area contributed by atoms with Crippen molar-refractivity contribution in [1.82, 2.24) is 20.1 Å². The molecule has 2 aromatic heterocycles. The SMILES string of the molecule is Cc1cc(C)c(CNC2CC2)c(Oc2cc(C)nn2C)n1. The maximum absolute atomic E-state index is 6.02. The fourth-order valence-electron chi connectivity index (χ4n) is 2.44. The molecule has 112 valence electrons. The van der Waals surface area contributed by atoms with Crippen LogP contribution in [0.2, 0.25) is 0 Å². The van der Waals surface area contributed by atoms with Gasteiger partial charge in [-0.25, -0.2) is 9.67 Å². The molecule has 2 aromatic rings. The fraction of sp³-hybridized carbons (Fsp3) is 0.500. The van der Waals surface area contributed by atoms with E-state index >= 15 is 0 Å². The summed E-state index contributed by atoms with van der Waals surface area (Å²) in [5.41, 5.74) is 4.25. The summed E-state index contributed by atoms with van der Waals surface area (Å²) < 4.78 is 7.77. The molecule has 0 bridgehead atoms. The number of nitrogens with one attached hydrogen (secondary N) is 1. The van der Waals surface area contributed by atoms with Gasteiger partial charge in [0.15, 0.2) is 0 Å². The van der Waals surface area contributed by atoms with E-state index < -0.39 is 0 Å². The Morgan fingerprint density at radius 3 is 2.62 bits per heavy atom. The number of aromatic nitrogens is 3. The van der Waals surface area contributed by atoms with Crippen LogP contribution in [-0.2, 0) is 13.6 Å². The van der Waals surface area contributed by atoms with Crippen LogP contribution in [0.4, 0.5) is 0 Å². The largest absolute Gasteiger partial charge is 0.421 e. The summed E-state index contributed by atoms with van der Waals surface area (Å²) in [6.07, 6.45) is 2.55. The van der Waals surface area contributed by atoms with Crippen molar-refractivity contribution in [3.05, 3.63) is 34.6 Å². The predicted octanol–water partition coefficient (Wildman–Crippen LogP) is 2.78. The van der Waals surface area contributed by atoms with Gasteiger partial charge in [0, 0.05) is 37.0 Å². The van der Waals surface area contributed by atoms with E-state index in [0.717, 1.165) is 29.4 Å². The normalized spacial score (nSPS) is 14.5. The van der Waals surface area contributed by atoms with Crippen LogP contribution in [-0.4, -0.2) is 20.8 Å². The molecule has 1 aliphatic carbocycles. The van der Waals surface area contributed by atoms with E-state index in [1.165, 1.54) is 18.4 Å². The summed E-state index contributed by atoms with van der Waals surface area (Å²) in [5, 5.41) is 7.85. The third-order valence-electron chi connectivity index (χ3n) is 3.74. The average molecular weight is 286 g/mol. The molecule has 0 spiro atoms. The Hall–Kier alpha value is -1.88. The highest BCUT2D eigenvalue weighted by atomic mass is 16.5. The van der Waals surface area contributed by atoms with Gasteiger partial charge in [0.1, 0.15) is 0 Å². The lowest BCUT2D eigenvalue weighted by molar-refractivity contribution is 0.407. The highest BCUT2D eigenvalue weighted by molar-refractivity contribution is 5.38. The second-order valence-electron chi connectivity index (χ2n) is 5.87. The molecule has 0 saturated heterocycles. The van der Waals surface area contributed by atoms with Crippen molar-refractivity contribution in [2.24, 2.45) is 7.05 Å². The Balaban J connectivity index is 1.89. The molecular formula is C16H22N4O. The van der Waals surface area contributed by atoms with Gasteiger partial charge >= 0.3 is 0 Å². The number of aryl methyl sites for hydroxylation is 4. The maximum Gasteiger partial charge on any atom is 0.226 e. The first kappa shape index (κ1) is 14.1. The molecule has 1 N–H and O–H groups in total. The molecule has 0 radical (unpaired) electrons. The predicted molar refractivity (Wildman–Crippen MR) is 81.6 cm³/mol. The van der Waals surface area contributed by atoms with Crippen LogP contribution in [0.3, 0.4) is 0 Å². The summed E-state index contributed by atoms with van der Waals surface area (Å²) in [6.45, 7) is 6.86. The quantitative estimate of drug-likeness (QED) is 0.918. The summed E-state index contributed by atoms with van der Waals surface area (Å²) >= 11 is 0. The van der Waals surface area contributed by atoms with Crippen molar-refractivity contribution in [3.8, 4) is 11.8 Å². The molecule has 1 saturated carbocycles. The number of rotatable bonds is 5. The number of nitrogens with zero attached hydrogens (tertiary/aromatic N) is 3. The third-order valence-corrected chi connectivity index (χ3v) is 3.74. The Labute approximate surface area is 125 Å². The summed E-state index contributed by atoms with van der Waals surface area (Å²) in [7, 11) is 1.88. The van der Waals surface area contributed by atoms with E-state index in [1.54, 1.807) is 4.68 Å². The Morgan fingerprint density at radius 2 is 2.00 bits per heavy atom. The van der Waals surface area contributed by atoms with Gasteiger partial charge in [-0.15, -0.1) is 0 Å². The van der Waals surface area contributed by atoms with E-state index in [-0.39, 0.29) is 0 Å². The summed E-state index contributed by atoms with van der Waals surface area (Å²) in [5.74, 6) is 1.40. The molecule has 5 heteroatoms. The fourth-order valence-corrected chi connectivity index (χ4v) is 2.44. The van der Waals surface area contributed by atoms with Crippen molar-refractivity contribution in [1.29, 1.82) is 0 Å². The van der Waals surface area contributed by atoms with Crippen LogP contribution in [0.25, 0.3) is 0 Å². The van der Waals surface area contributed by atoms with Crippen molar-refractivity contribution >= 4 is 0 Å². The van der Waals surface area contributed by atoms with Crippen LogP contribution in [0.15, 0.2) is 12.1 Å². The smallest absolute Gasteiger partial charge is 0.226 e.